The van der Waals surface area contributed by atoms with E-state index in [1.54, 1.807) is 0 Å². The molecule has 2 atom stereocenters. The van der Waals surface area contributed by atoms with Gasteiger partial charge in [-0.2, -0.15) is 0 Å². The van der Waals surface area contributed by atoms with Crippen molar-refractivity contribution < 1.29 is 30.9 Å². The van der Waals surface area contributed by atoms with Gasteiger partial charge < -0.3 is 26.5 Å². The van der Waals surface area contributed by atoms with Crippen molar-refractivity contribution in [3.63, 3.8) is 0 Å². The third-order valence-electron chi connectivity index (χ3n) is 5.43. The van der Waals surface area contributed by atoms with E-state index in [0.717, 1.165) is 30.5 Å². The molecular weight excluding hydrogens is 390 g/mol. The number of hydrogen-bond acceptors (Lipinski definition) is 2. The molecule has 0 rings (SSSR count). The second-order valence-electron chi connectivity index (χ2n) is 7.61. The Hall–Kier alpha value is 0.360. The molecule has 0 radical (unpaired) electrons. The lowest BCUT2D eigenvalue weighted by Crippen LogP contribution is -3.00. The molecule has 160 valence electrons. The third kappa shape index (κ3) is 11.3. The maximum Gasteiger partial charge on any atom is 0.192 e. The smallest absolute Gasteiger partial charge is 0.192 e. The molecule has 2 unspecified atom stereocenters. The van der Waals surface area contributed by atoms with Gasteiger partial charge in [-0.15, -0.1) is 0 Å². The molecule has 0 aromatic heterocycles. The molecule has 0 aliphatic carbocycles. The molecule has 0 aromatic rings. The standard InChI is InChI=1S/C22H48NO2.BrH/c1-7-11-13-15-17-23(18-16-14-12-8-2,21(5)24-19-9-3)22(6)25-20-10-4;/h21-22H,7-20H2,1-6H3;1H/q+1;/p-1. The van der Waals surface area contributed by atoms with Gasteiger partial charge in [0.1, 0.15) is 0 Å². The predicted molar refractivity (Wildman–Crippen MR) is 110 cm³/mol. The molecular formula is C22H48BrNO2. The molecule has 0 amide bonds. The third-order valence-corrected chi connectivity index (χ3v) is 5.43. The zero-order valence-corrected chi connectivity index (χ0v) is 20.3. The summed E-state index contributed by atoms with van der Waals surface area (Å²) in [6.07, 6.45) is 13.1. The fourth-order valence-electron chi connectivity index (χ4n) is 3.67. The topological polar surface area (TPSA) is 18.5 Å². The van der Waals surface area contributed by atoms with E-state index in [4.69, 9.17) is 9.47 Å². The summed E-state index contributed by atoms with van der Waals surface area (Å²) >= 11 is 0. The average molecular weight is 439 g/mol. The minimum Gasteiger partial charge on any atom is -1.00 e. The van der Waals surface area contributed by atoms with Crippen molar-refractivity contribution in [1.82, 2.24) is 0 Å². The minimum absolute atomic E-state index is 0. The van der Waals surface area contributed by atoms with Gasteiger partial charge in [0, 0.05) is 13.8 Å². The first-order chi connectivity index (χ1) is 12.1. The highest BCUT2D eigenvalue weighted by molar-refractivity contribution is 4.54. The number of halogens is 1. The van der Waals surface area contributed by atoms with E-state index in [-0.39, 0.29) is 29.4 Å². The first kappa shape index (κ1) is 28.6. The Morgan fingerprint density at radius 3 is 1.27 bits per heavy atom. The molecule has 0 fully saturated rings. The predicted octanol–water partition coefficient (Wildman–Crippen LogP) is 3.51. The fraction of sp³-hybridized carbons (Fsp3) is 1.00. The molecule has 3 nitrogen and oxygen atoms in total. The van der Waals surface area contributed by atoms with E-state index in [1.165, 1.54) is 64.5 Å². The molecule has 4 heteroatoms. The number of rotatable bonds is 18. The maximum atomic E-state index is 6.26. The van der Waals surface area contributed by atoms with Crippen LogP contribution >= 0.6 is 0 Å². The van der Waals surface area contributed by atoms with Crippen LogP contribution in [-0.2, 0) is 9.47 Å². The first-order valence-electron chi connectivity index (χ1n) is 11.2. The summed E-state index contributed by atoms with van der Waals surface area (Å²) in [5.41, 5.74) is 0. The molecule has 0 spiro atoms. The number of unbranched alkanes of at least 4 members (excludes halogenated alkanes) is 6. The van der Waals surface area contributed by atoms with E-state index >= 15 is 0 Å². The van der Waals surface area contributed by atoms with Crippen molar-refractivity contribution in [2.24, 2.45) is 0 Å². The molecule has 0 bridgehead atoms. The van der Waals surface area contributed by atoms with Crippen LogP contribution in [0.1, 0.15) is 106 Å². The number of quaternary nitrogens is 1. The van der Waals surface area contributed by atoms with E-state index in [0.29, 0.717) is 0 Å². The van der Waals surface area contributed by atoms with Crippen LogP contribution < -0.4 is 17.0 Å². The summed E-state index contributed by atoms with van der Waals surface area (Å²) in [7, 11) is 0. The molecule has 0 aromatic carbocycles. The van der Waals surface area contributed by atoms with Crippen LogP contribution in [0.4, 0.5) is 0 Å². The fourth-order valence-corrected chi connectivity index (χ4v) is 3.67. The lowest BCUT2D eigenvalue weighted by Gasteiger charge is -2.47. The molecule has 0 aliphatic heterocycles. The van der Waals surface area contributed by atoms with Crippen LogP contribution in [0, 0.1) is 0 Å². The quantitative estimate of drug-likeness (QED) is 0.185. The first-order valence-corrected chi connectivity index (χ1v) is 11.2. The second-order valence-corrected chi connectivity index (χ2v) is 7.61. The Labute approximate surface area is 175 Å². The van der Waals surface area contributed by atoms with E-state index in [1.807, 2.05) is 0 Å². The summed E-state index contributed by atoms with van der Waals surface area (Å²) in [4.78, 5) is 0. The SMILES string of the molecule is CCCCCC[N+](CCCCCC)(C(C)OCCC)C(C)OCCC.[Br-]. The highest BCUT2D eigenvalue weighted by Gasteiger charge is 2.39. The Balaban J connectivity index is 0. The molecule has 0 aliphatic rings. The van der Waals surface area contributed by atoms with E-state index in [2.05, 4.69) is 41.5 Å². The van der Waals surface area contributed by atoms with Crippen LogP contribution in [0.5, 0.6) is 0 Å². The van der Waals surface area contributed by atoms with Crippen molar-refractivity contribution in [3.05, 3.63) is 0 Å². The highest BCUT2D eigenvalue weighted by atomic mass is 79.9. The average Bonchev–Trinajstić information content (AvgIpc) is 2.62. The van der Waals surface area contributed by atoms with Gasteiger partial charge in [-0.25, -0.2) is 0 Å². The largest absolute Gasteiger partial charge is 1.00 e. The van der Waals surface area contributed by atoms with Crippen molar-refractivity contribution in [2.45, 2.75) is 118 Å². The van der Waals surface area contributed by atoms with Gasteiger partial charge in [0.2, 0.25) is 0 Å². The summed E-state index contributed by atoms with van der Waals surface area (Å²) in [6, 6.07) is 0. The summed E-state index contributed by atoms with van der Waals surface area (Å²) < 4.78 is 13.5. The van der Waals surface area contributed by atoms with Gasteiger partial charge in [0.25, 0.3) is 0 Å². The molecule has 0 saturated heterocycles. The van der Waals surface area contributed by atoms with E-state index in [9.17, 15) is 0 Å². The normalized spacial score (nSPS) is 14.1. The van der Waals surface area contributed by atoms with Gasteiger partial charge in [-0.05, 0) is 38.5 Å². The number of ether oxygens (including phenoxy) is 2. The minimum atomic E-state index is 0. The lowest BCUT2D eigenvalue weighted by atomic mass is 10.1. The summed E-state index contributed by atoms with van der Waals surface area (Å²) in [5, 5.41) is 0. The Bertz CT molecular complexity index is 261. The molecule has 0 N–H and O–H groups in total. The summed E-state index contributed by atoms with van der Waals surface area (Å²) in [5.74, 6) is 0. The Kier molecular flexibility index (Phi) is 20.6. The van der Waals surface area contributed by atoms with Gasteiger partial charge in [0.05, 0.1) is 26.3 Å². The number of hydrogen-bond donors (Lipinski definition) is 0. The highest BCUT2D eigenvalue weighted by Crippen LogP contribution is 2.26. The number of nitrogens with zero attached hydrogens (tertiary/aromatic N) is 1. The Morgan fingerprint density at radius 1 is 0.577 bits per heavy atom. The second kappa shape index (κ2) is 18.7. The van der Waals surface area contributed by atoms with Crippen molar-refractivity contribution >= 4 is 0 Å². The molecule has 0 saturated carbocycles. The summed E-state index contributed by atoms with van der Waals surface area (Å²) in [6.45, 7) is 17.6. The van der Waals surface area contributed by atoms with Crippen LogP contribution in [0.15, 0.2) is 0 Å². The maximum absolute atomic E-state index is 6.26. The van der Waals surface area contributed by atoms with Crippen molar-refractivity contribution in [3.8, 4) is 0 Å². The van der Waals surface area contributed by atoms with Gasteiger partial charge in [-0.1, -0.05) is 53.4 Å². The lowest BCUT2D eigenvalue weighted by molar-refractivity contribution is -1.01. The van der Waals surface area contributed by atoms with E-state index < -0.39 is 0 Å². The van der Waals surface area contributed by atoms with Crippen LogP contribution in [-0.4, -0.2) is 43.2 Å². The monoisotopic (exact) mass is 437 g/mol. The van der Waals surface area contributed by atoms with Crippen LogP contribution in [0.2, 0.25) is 0 Å². The zero-order chi connectivity index (χ0) is 19.0. The van der Waals surface area contributed by atoms with Gasteiger partial charge in [0.15, 0.2) is 12.5 Å². The van der Waals surface area contributed by atoms with Crippen LogP contribution in [0.3, 0.4) is 0 Å². The van der Waals surface area contributed by atoms with Gasteiger partial charge >= 0.3 is 0 Å². The zero-order valence-electron chi connectivity index (χ0n) is 18.7. The molecule has 0 heterocycles. The van der Waals surface area contributed by atoms with Crippen molar-refractivity contribution in [1.29, 1.82) is 0 Å². The van der Waals surface area contributed by atoms with Crippen molar-refractivity contribution in [2.75, 3.05) is 26.3 Å². The van der Waals surface area contributed by atoms with Gasteiger partial charge in [-0.3, -0.25) is 4.48 Å². The Morgan fingerprint density at radius 2 is 0.962 bits per heavy atom. The molecule has 26 heavy (non-hydrogen) atoms. The van der Waals surface area contributed by atoms with Crippen LogP contribution in [0.25, 0.3) is 0 Å².